The summed E-state index contributed by atoms with van der Waals surface area (Å²) in [5, 5.41) is 0. The van der Waals surface area contributed by atoms with E-state index in [2.05, 4.69) is 4.74 Å². The second kappa shape index (κ2) is 3.01. The molecule has 0 aromatic heterocycles. The molecule has 0 aliphatic carbocycles. The van der Waals surface area contributed by atoms with Gasteiger partial charge in [-0.1, -0.05) is 18.2 Å². The van der Waals surface area contributed by atoms with Crippen LogP contribution < -0.4 is 4.74 Å². The van der Waals surface area contributed by atoms with Gasteiger partial charge < -0.3 is 9.47 Å². The highest BCUT2D eigenvalue weighted by Crippen LogP contribution is 2.46. The summed E-state index contributed by atoms with van der Waals surface area (Å²) < 4.78 is 45.4. The maximum Gasteiger partial charge on any atom is 0.573 e. The van der Waals surface area contributed by atoms with Crippen LogP contribution in [0, 0.1) is 0 Å². The van der Waals surface area contributed by atoms with E-state index < -0.39 is 6.36 Å². The molecular weight excluding hydrogens is 221 g/mol. The van der Waals surface area contributed by atoms with Crippen LogP contribution in [0.4, 0.5) is 13.2 Å². The van der Waals surface area contributed by atoms with Crippen molar-refractivity contribution >= 4 is 0 Å². The van der Waals surface area contributed by atoms with Gasteiger partial charge in [0.25, 0.3) is 0 Å². The van der Waals surface area contributed by atoms with E-state index in [-0.39, 0.29) is 18.0 Å². The fraction of sp³-hybridized carbons (Fsp3) is 0.273. The molecule has 1 aromatic carbocycles. The lowest BCUT2D eigenvalue weighted by Gasteiger charge is -2.12. The van der Waals surface area contributed by atoms with E-state index in [4.69, 9.17) is 4.74 Å². The standard InChI is InChI=1S/C11H7F3O2/c12-11(13,14)16-6-1-2-7-8(5-6)10-4-3-9(7)15-10/h1-5,9-10H/t9-,10-/m0/s1. The molecule has 0 fully saturated rings. The van der Waals surface area contributed by atoms with Gasteiger partial charge in [-0.05, 0) is 23.3 Å². The average Bonchev–Trinajstić information content (AvgIpc) is 2.75. The van der Waals surface area contributed by atoms with Gasteiger partial charge in [-0.2, -0.15) is 0 Å². The summed E-state index contributed by atoms with van der Waals surface area (Å²) in [7, 11) is 0. The van der Waals surface area contributed by atoms with E-state index in [0.29, 0.717) is 0 Å². The first-order chi connectivity index (χ1) is 7.53. The van der Waals surface area contributed by atoms with Crippen molar-refractivity contribution in [3.05, 3.63) is 41.5 Å². The van der Waals surface area contributed by atoms with Crippen molar-refractivity contribution in [2.24, 2.45) is 0 Å². The van der Waals surface area contributed by atoms with Crippen LogP contribution in [0.5, 0.6) is 5.75 Å². The number of benzene rings is 1. The highest BCUT2D eigenvalue weighted by Gasteiger charge is 2.35. The van der Waals surface area contributed by atoms with Gasteiger partial charge in [-0.25, -0.2) is 0 Å². The van der Waals surface area contributed by atoms with Gasteiger partial charge in [-0.3, -0.25) is 0 Å². The summed E-state index contributed by atoms with van der Waals surface area (Å²) in [5.41, 5.74) is 1.68. The third-order valence-electron chi connectivity index (χ3n) is 2.66. The maximum absolute atomic E-state index is 12.0. The maximum atomic E-state index is 12.0. The zero-order valence-electron chi connectivity index (χ0n) is 7.99. The van der Waals surface area contributed by atoms with Gasteiger partial charge in [0, 0.05) is 0 Å². The van der Waals surface area contributed by atoms with Gasteiger partial charge in [0.05, 0.1) is 0 Å². The highest BCUT2D eigenvalue weighted by atomic mass is 19.4. The molecule has 2 nitrogen and oxygen atoms in total. The minimum Gasteiger partial charge on any atom is -0.406 e. The highest BCUT2D eigenvalue weighted by molar-refractivity contribution is 5.46. The predicted molar refractivity (Wildman–Crippen MR) is 48.8 cm³/mol. The molecular formula is C11H7F3O2. The Morgan fingerprint density at radius 2 is 1.75 bits per heavy atom. The van der Waals surface area contributed by atoms with Crippen LogP contribution in [0.25, 0.3) is 0 Å². The Kier molecular flexibility index (Phi) is 1.83. The summed E-state index contributed by atoms with van der Waals surface area (Å²) in [4.78, 5) is 0. The Morgan fingerprint density at radius 1 is 1.06 bits per heavy atom. The van der Waals surface area contributed by atoms with Crippen LogP contribution in [-0.2, 0) is 4.74 Å². The summed E-state index contributed by atoms with van der Waals surface area (Å²) in [6, 6.07) is 4.31. The number of fused-ring (bicyclic) bond motifs is 5. The fourth-order valence-corrected chi connectivity index (χ4v) is 2.06. The van der Waals surface area contributed by atoms with Crippen molar-refractivity contribution < 1.29 is 22.6 Å². The molecule has 2 bridgehead atoms. The second-order valence-electron chi connectivity index (χ2n) is 3.70. The molecule has 0 spiro atoms. The van der Waals surface area contributed by atoms with Crippen LogP contribution in [0.15, 0.2) is 30.4 Å². The number of ether oxygens (including phenoxy) is 2. The fourth-order valence-electron chi connectivity index (χ4n) is 2.06. The van der Waals surface area contributed by atoms with Crippen molar-refractivity contribution in [1.29, 1.82) is 0 Å². The summed E-state index contributed by atoms with van der Waals surface area (Å²) in [6.45, 7) is 0. The smallest absolute Gasteiger partial charge is 0.406 e. The van der Waals surface area contributed by atoms with Crippen molar-refractivity contribution in [2.45, 2.75) is 18.6 Å². The second-order valence-corrected chi connectivity index (χ2v) is 3.70. The Balaban J connectivity index is 1.94. The van der Waals surface area contributed by atoms with E-state index in [1.165, 1.54) is 12.1 Å². The molecule has 2 aliphatic heterocycles. The molecule has 0 unspecified atom stereocenters. The molecule has 0 amide bonds. The van der Waals surface area contributed by atoms with Crippen molar-refractivity contribution in [2.75, 3.05) is 0 Å². The first-order valence-electron chi connectivity index (χ1n) is 4.76. The lowest BCUT2D eigenvalue weighted by Crippen LogP contribution is -2.17. The molecule has 2 heterocycles. The Labute approximate surface area is 89.3 Å². The van der Waals surface area contributed by atoms with Gasteiger partial charge in [0.15, 0.2) is 0 Å². The largest absolute Gasteiger partial charge is 0.573 e. The first kappa shape index (κ1) is 9.72. The molecule has 0 N–H and O–H groups in total. The molecule has 3 rings (SSSR count). The lowest BCUT2D eigenvalue weighted by molar-refractivity contribution is -0.274. The minimum absolute atomic E-state index is 0.111. The number of alkyl halides is 3. The van der Waals surface area contributed by atoms with E-state index in [0.717, 1.165) is 11.1 Å². The summed E-state index contributed by atoms with van der Waals surface area (Å²) in [5.74, 6) is -0.198. The molecule has 2 aliphatic rings. The van der Waals surface area contributed by atoms with Gasteiger partial charge >= 0.3 is 6.36 Å². The quantitative estimate of drug-likeness (QED) is 0.687. The van der Waals surface area contributed by atoms with E-state index in [1.807, 2.05) is 12.2 Å². The number of hydrogen-bond acceptors (Lipinski definition) is 2. The molecule has 84 valence electrons. The monoisotopic (exact) mass is 228 g/mol. The Bertz CT molecular complexity index is 465. The van der Waals surface area contributed by atoms with Crippen LogP contribution in [0.1, 0.15) is 23.3 Å². The lowest BCUT2D eigenvalue weighted by atomic mass is 9.97. The van der Waals surface area contributed by atoms with E-state index in [1.54, 1.807) is 6.07 Å². The van der Waals surface area contributed by atoms with E-state index in [9.17, 15) is 13.2 Å². The van der Waals surface area contributed by atoms with Crippen LogP contribution in [0.3, 0.4) is 0 Å². The Morgan fingerprint density at radius 3 is 2.44 bits per heavy atom. The number of halogens is 3. The molecule has 0 saturated carbocycles. The molecule has 5 heteroatoms. The van der Waals surface area contributed by atoms with Crippen LogP contribution in [-0.4, -0.2) is 6.36 Å². The first-order valence-corrected chi connectivity index (χ1v) is 4.76. The number of rotatable bonds is 1. The zero-order chi connectivity index (χ0) is 11.3. The van der Waals surface area contributed by atoms with Crippen LogP contribution in [0.2, 0.25) is 0 Å². The number of hydrogen-bond donors (Lipinski definition) is 0. The average molecular weight is 228 g/mol. The van der Waals surface area contributed by atoms with Crippen molar-refractivity contribution in [1.82, 2.24) is 0 Å². The molecule has 16 heavy (non-hydrogen) atoms. The van der Waals surface area contributed by atoms with E-state index >= 15 is 0 Å². The van der Waals surface area contributed by atoms with Gasteiger partial charge in [-0.15, -0.1) is 13.2 Å². The third kappa shape index (κ3) is 1.48. The minimum atomic E-state index is -4.65. The SMILES string of the molecule is FC(F)(F)Oc1ccc2c(c1)[C@@H]1C=C[C@@H]2O1. The predicted octanol–water partition coefficient (Wildman–Crippen LogP) is 3.27. The normalized spacial score (nSPS) is 25.9. The zero-order valence-corrected chi connectivity index (χ0v) is 7.99. The van der Waals surface area contributed by atoms with Crippen molar-refractivity contribution in [3.8, 4) is 5.75 Å². The van der Waals surface area contributed by atoms with Crippen LogP contribution >= 0.6 is 0 Å². The summed E-state index contributed by atoms with van der Waals surface area (Å²) >= 11 is 0. The van der Waals surface area contributed by atoms with Gasteiger partial charge in [0.2, 0.25) is 0 Å². The topological polar surface area (TPSA) is 18.5 Å². The molecule has 0 saturated heterocycles. The van der Waals surface area contributed by atoms with Gasteiger partial charge in [0.1, 0.15) is 18.0 Å². The molecule has 1 aromatic rings. The third-order valence-corrected chi connectivity index (χ3v) is 2.66. The summed E-state index contributed by atoms with van der Waals surface area (Å²) in [6.07, 6.45) is -1.25. The Hall–Kier alpha value is -1.49. The molecule has 0 radical (unpaired) electrons. The molecule has 2 atom stereocenters. The van der Waals surface area contributed by atoms with Crippen molar-refractivity contribution in [3.63, 3.8) is 0 Å².